The van der Waals surface area contributed by atoms with E-state index in [1.54, 1.807) is 0 Å². The molecule has 1 radical (unpaired) electrons. The number of fused-ring (bicyclic) bond motifs is 2. The third kappa shape index (κ3) is 10.7. The van der Waals surface area contributed by atoms with Crippen LogP contribution in [0.2, 0.25) is 13.1 Å². The van der Waals surface area contributed by atoms with Gasteiger partial charge in [0.15, 0.2) is 0 Å². The van der Waals surface area contributed by atoms with Crippen molar-refractivity contribution in [1.29, 1.82) is 0 Å². The maximum absolute atomic E-state index is 2.29. The first-order chi connectivity index (χ1) is 13.2. The molecular weight excluding hydrogens is 685 g/mol. The maximum atomic E-state index is 2.29. The van der Waals surface area contributed by atoms with E-state index >= 15 is 0 Å². The molecule has 0 aliphatic rings. The summed E-state index contributed by atoms with van der Waals surface area (Å²) in [5, 5.41) is 5.50. The summed E-state index contributed by atoms with van der Waals surface area (Å²) >= 11 is 0. The molecule has 0 spiro atoms. The minimum atomic E-state index is 0. The molecule has 0 fully saturated rings. The first kappa shape index (κ1) is 32.4. The van der Waals surface area contributed by atoms with Crippen LogP contribution >= 0.6 is 0 Å². The Hall–Kier alpha value is 0.220. The van der Waals surface area contributed by atoms with Crippen molar-refractivity contribution in [1.82, 2.24) is 0 Å². The molecule has 0 aromatic heterocycles. The number of hydrogen-bond acceptors (Lipinski definition) is 0. The Bertz CT molecular complexity index is 785. The Kier molecular flexibility index (Phi) is 20.3. The Morgan fingerprint density at radius 3 is 1.30 bits per heavy atom. The molecule has 0 aliphatic heterocycles. The van der Waals surface area contributed by atoms with Crippen LogP contribution in [0.1, 0.15) is 37.8 Å². The van der Waals surface area contributed by atoms with Gasteiger partial charge in [0.25, 0.3) is 0 Å². The monoisotopic (exact) mass is 717 g/mol. The average molecular weight is 719 g/mol. The summed E-state index contributed by atoms with van der Waals surface area (Å²) in [5.74, 6) is 0. The van der Waals surface area contributed by atoms with E-state index in [2.05, 4.69) is 99.7 Å². The first-order valence-electron chi connectivity index (χ1n) is 10.2. The van der Waals surface area contributed by atoms with Crippen molar-refractivity contribution in [3.63, 3.8) is 0 Å². The second kappa shape index (κ2) is 18.8. The fraction of sp³-hybridized carbons (Fsp3) is 0.308. The van der Waals surface area contributed by atoms with Gasteiger partial charge in [-0.2, -0.15) is 12.1 Å². The first-order valence-corrected chi connectivity index (χ1v) is 12.5. The van der Waals surface area contributed by atoms with Gasteiger partial charge in [0.2, 0.25) is 0 Å². The molecule has 0 saturated carbocycles. The number of halogens is 2. The van der Waals surface area contributed by atoms with Crippen LogP contribution in [-0.2, 0) is 39.0 Å². The van der Waals surface area contributed by atoms with Crippen LogP contribution in [-0.4, -0.2) is 9.52 Å². The third-order valence-corrected chi connectivity index (χ3v) is 4.43. The van der Waals surface area contributed by atoms with Crippen LogP contribution < -0.4 is 48.0 Å². The molecule has 0 N–H and O–H groups in total. The number of hydrogen-bond donors (Lipinski definition) is 0. The van der Waals surface area contributed by atoms with Gasteiger partial charge >= 0.3 is 26.2 Å². The van der Waals surface area contributed by atoms with Gasteiger partial charge in [-0.1, -0.05) is 51.9 Å². The summed E-state index contributed by atoms with van der Waals surface area (Å²) in [6.45, 7) is 8.86. The van der Waals surface area contributed by atoms with Gasteiger partial charge in [0.1, 0.15) is 0 Å². The van der Waals surface area contributed by atoms with Crippen molar-refractivity contribution in [2.75, 3.05) is 0 Å². The van der Waals surface area contributed by atoms with Gasteiger partial charge in [-0.25, -0.2) is 0 Å². The zero-order valence-corrected chi connectivity index (χ0v) is 26.5. The molecule has 0 saturated heterocycles. The number of rotatable bonds is 4. The smallest absolute Gasteiger partial charge is 1.00 e. The van der Waals surface area contributed by atoms with E-state index in [-0.39, 0.29) is 74.2 Å². The predicted molar refractivity (Wildman–Crippen MR) is 126 cm³/mol. The largest absolute Gasteiger partial charge is 4.00 e. The van der Waals surface area contributed by atoms with Gasteiger partial charge < -0.3 is 48.0 Å². The molecular formula is C26H33I2SiZr. The normalized spacial score (nSPS) is 9.20. The van der Waals surface area contributed by atoms with E-state index in [4.69, 9.17) is 0 Å². The van der Waals surface area contributed by atoms with E-state index in [9.17, 15) is 0 Å². The van der Waals surface area contributed by atoms with Crippen molar-refractivity contribution in [2.24, 2.45) is 0 Å². The average Bonchev–Trinajstić information content (AvgIpc) is 3.26. The van der Waals surface area contributed by atoms with Gasteiger partial charge in [-0.05, 0) is 12.8 Å². The molecule has 159 valence electrons. The van der Waals surface area contributed by atoms with Crippen molar-refractivity contribution < 1.29 is 74.2 Å². The molecule has 30 heavy (non-hydrogen) atoms. The Labute approximate surface area is 239 Å². The van der Waals surface area contributed by atoms with Crippen LogP contribution in [0.4, 0.5) is 0 Å². The molecule has 0 heterocycles. The van der Waals surface area contributed by atoms with Gasteiger partial charge in [-0.3, -0.25) is 0 Å². The Morgan fingerprint density at radius 1 is 0.667 bits per heavy atom. The van der Waals surface area contributed by atoms with E-state index in [0.717, 1.165) is 9.52 Å². The summed E-state index contributed by atoms with van der Waals surface area (Å²) in [7, 11) is 0.750. The van der Waals surface area contributed by atoms with Crippen molar-refractivity contribution >= 4 is 31.1 Å². The van der Waals surface area contributed by atoms with Crippen LogP contribution in [0.25, 0.3) is 21.5 Å². The molecule has 4 aromatic rings. The molecule has 4 heteroatoms. The standard InChI is InChI=1S/2C12H13.C2H7Si.2HI.Zr/c2*1-2-5-10-8-11-6-3-4-7-12(11)9-10;1-3-2;;;/h2*3-4,6-9H,2,5H2,1H3;3H,1-2H3;2*1H;/q2*-1;;;;+4/p-2. The predicted octanol–water partition coefficient (Wildman–Crippen LogP) is 1.55. The minimum absolute atomic E-state index is 0. The van der Waals surface area contributed by atoms with Crippen LogP contribution in [0.3, 0.4) is 0 Å². The molecule has 0 amide bonds. The summed E-state index contributed by atoms with van der Waals surface area (Å²) in [4.78, 5) is 0. The van der Waals surface area contributed by atoms with E-state index in [1.165, 1.54) is 58.4 Å². The van der Waals surface area contributed by atoms with Crippen molar-refractivity contribution in [3.05, 3.63) is 83.9 Å². The van der Waals surface area contributed by atoms with Crippen LogP contribution in [0.15, 0.2) is 72.8 Å². The fourth-order valence-corrected chi connectivity index (χ4v) is 3.30. The maximum Gasteiger partial charge on any atom is 4.00 e. The quantitative estimate of drug-likeness (QED) is 0.171. The summed E-state index contributed by atoms with van der Waals surface area (Å²) in [5.41, 5.74) is 2.94. The number of benzene rings is 2. The number of aryl methyl sites for hydroxylation is 2. The van der Waals surface area contributed by atoms with Crippen molar-refractivity contribution in [2.45, 2.75) is 52.6 Å². The molecule has 0 unspecified atom stereocenters. The van der Waals surface area contributed by atoms with E-state index in [0.29, 0.717) is 0 Å². The molecule has 4 rings (SSSR count). The van der Waals surface area contributed by atoms with Crippen LogP contribution in [0, 0.1) is 0 Å². The third-order valence-electron chi connectivity index (χ3n) is 4.43. The van der Waals surface area contributed by atoms with E-state index in [1.807, 2.05) is 0 Å². The summed E-state index contributed by atoms with van der Waals surface area (Å²) in [6, 6.07) is 26.2. The Balaban J connectivity index is 0. The van der Waals surface area contributed by atoms with Gasteiger partial charge in [-0.15, -0.1) is 81.2 Å². The SMILES string of the molecule is CCCc1cc2ccccc2[cH-]1.CCCc1cc2ccccc2[cH-]1.C[SiH]C.[I-].[I-].[Zr+4]. The van der Waals surface area contributed by atoms with Crippen LogP contribution in [0.5, 0.6) is 0 Å². The molecule has 0 nitrogen and oxygen atoms in total. The van der Waals surface area contributed by atoms with E-state index < -0.39 is 0 Å². The topological polar surface area (TPSA) is 0 Å². The summed E-state index contributed by atoms with van der Waals surface area (Å²) in [6.07, 6.45) is 4.87. The zero-order chi connectivity index (χ0) is 19.5. The van der Waals surface area contributed by atoms with Gasteiger partial charge in [0, 0.05) is 9.52 Å². The second-order valence-corrected chi connectivity index (χ2v) is 8.22. The fourth-order valence-electron chi connectivity index (χ4n) is 3.30. The minimum Gasteiger partial charge on any atom is -1.00 e. The summed E-state index contributed by atoms with van der Waals surface area (Å²) < 4.78 is 0. The second-order valence-electron chi connectivity index (χ2n) is 7.06. The molecule has 0 bridgehead atoms. The van der Waals surface area contributed by atoms with Gasteiger partial charge in [0.05, 0.1) is 0 Å². The molecule has 0 atom stereocenters. The molecule has 4 aromatic carbocycles. The zero-order valence-electron chi connectivity index (χ0n) is 18.6. The Morgan fingerprint density at radius 2 is 1.00 bits per heavy atom. The molecule has 0 aliphatic carbocycles. The van der Waals surface area contributed by atoms with Crippen molar-refractivity contribution in [3.8, 4) is 0 Å².